The second kappa shape index (κ2) is 6.44. The molecule has 0 radical (unpaired) electrons. The monoisotopic (exact) mass is 356 g/mol. The van der Waals surface area contributed by atoms with E-state index in [1.807, 2.05) is 0 Å². The van der Waals surface area contributed by atoms with Crippen LogP contribution in [0.4, 0.5) is 8.78 Å². The summed E-state index contributed by atoms with van der Waals surface area (Å²) in [6.45, 7) is 1.64. The topological polar surface area (TPSA) is 86.3 Å². The number of halogens is 2. The molecule has 0 spiro atoms. The summed E-state index contributed by atoms with van der Waals surface area (Å²) in [4.78, 5) is 11.4. The molecule has 0 unspecified atom stereocenters. The molecule has 0 amide bonds. The lowest BCUT2D eigenvalue weighted by Gasteiger charge is -2.10. The molecule has 1 aliphatic carbocycles. The van der Waals surface area contributed by atoms with Crippen molar-refractivity contribution in [1.82, 2.24) is 4.73 Å². The Hall–Kier alpha value is -3.48. The average molecular weight is 356 g/mol. The molecule has 7 heteroatoms. The minimum absolute atomic E-state index is 0.0223. The Kier molecular flexibility index (Phi) is 4.29. The predicted octanol–water partition coefficient (Wildman–Crippen LogP) is 1.43. The SMILES string of the molecule is CC1=CC(=O)C=C/C1=c1/c(=N)/c(=C(\O)c2ccc(F)cc2F)ccn1O. The third-order valence-electron chi connectivity index (χ3n) is 4.01. The van der Waals surface area contributed by atoms with Crippen LogP contribution in [0.1, 0.15) is 12.5 Å². The number of pyridine rings is 1. The molecular formula is C19H14F2N2O3. The predicted molar refractivity (Wildman–Crippen MR) is 89.5 cm³/mol. The van der Waals surface area contributed by atoms with Gasteiger partial charge in [0.05, 0.1) is 10.9 Å². The zero-order valence-corrected chi connectivity index (χ0v) is 13.6. The van der Waals surface area contributed by atoms with Crippen LogP contribution >= 0.6 is 0 Å². The number of carbonyl (C=O) groups excluding carboxylic acids is 1. The number of hydrogen-bond donors (Lipinski definition) is 3. The van der Waals surface area contributed by atoms with Gasteiger partial charge >= 0.3 is 0 Å². The Balaban J connectivity index is 2.41. The van der Waals surface area contributed by atoms with E-state index in [1.54, 1.807) is 6.92 Å². The van der Waals surface area contributed by atoms with Crippen molar-refractivity contribution in [2.24, 2.45) is 0 Å². The summed E-state index contributed by atoms with van der Waals surface area (Å²) in [5.74, 6) is -2.55. The van der Waals surface area contributed by atoms with Crippen molar-refractivity contribution >= 4 is 17.1 Å². The number of carbonyl (C=O) groups is 1. The number of allylic oxidation sites excluding steroid dienone is 4. The van der Waals surface area contributed by atoms with Crippen molar-refractivity contribution in [3.8, 4) is 0 Å². The molecule has 0 saturated carbocycles. The Bertz CT molecular complexity index is 1170. The number of nitrogens with one attached hydrogen (secondary N) is 1. The molecule has 0 saturated heterocycles. The van der Waals surface area contributed by atoms with Crippen molar-refractivity contribution in [1.29, 1.82) is 5.41 Å². The van der Waals surface area contributed by atoms with Crippen LogP contribution < -0.4 is 15.9 Å². The van der Waals surface area contributed by atoms with Gasteiger partial charge in [-0.3, -0.25) is 10.2 Å². The van der Waals surface area contributed by atoms with Gasteiger partial charge < -0.3 is 10.3 Å². The Labute approximate surface area is 146 Å². The maximum Gasteiger partial charge on any atom is 0.178 e. The maximum atomic E-state index is 14.0. The molecule has 3 N–H and O–H groups in total. The molecule has 3 rings (SSSR count). The number of aliphatic hydroxyl groups excluding tert-OH is 1. The highest BCUT2D eigenvalue weighted by Crippen LogP contribution is 2.16. The zero-order valence-electron chi connectivity index (χ0n) is 13.6. The Morgan fingerprint density at radius 3 is 2.58 bits per heavy atom. The largest absolute Gasteiger partial charge is 0.507 e. The van der Waals surface area contributed by atoms with Crippen molar-refractivity contribution in [3.63, 3.8) is 0 Å². The Morgan fingerprint density at radius 2 is 1.92 bits per heavy atom. The molecule has 26 heavy (non-hydrogen) atoms. The number of aromatic nitrogens is 1. The summed E-state index contributed by atoms with van der Waals surface area (Å²) in [5, 5.41) is 28.5. The van der Waals surface area contributed by atoms with Crippen LogP contribution in [0.2, 0.25) is 0 Å². The first-order chi connectivity index (χ1) is 12.3. The van der Waals surface area contributed by atoms with E-state index in [2.05, 4.69) is 0 Å². The second-order valence-electron chi connectivity index (χ2n) is 5.75. The van der Waals surface area contributed by atoms with Gasteiger partial charge in [-0.15, -0.1) is 0 Å². The highest BCUT2D eigenvalue weighted by atomic mass is 19.1. The van der Waals surface area contributed by atoms with Crippen LogP contribution in [0.25, 0.3) is 11.3 Å². The van der Waals surface area contributed by atoms with Gasteiger partial charge in [0.1, 0.15) is 22.7 Å². The van der Waals surface area contributed by atoms with Gasteiger partial charge in [-0.2, -0.15) is 4.73 Å². The van der Waals surface area contributed by atoms with Crippen LogP contribution in [0, 0.1) is 17.0 Å². The van der Waals surface area contributed by atoms with Gasteiger partial charge in [-0.25, -0.2) is 8.78 Å². The molecule has 0 bridgehead atoms. The van der Waals surface area contributed by atoms with E-state index in [4.69, 9.17) is 5.41 Å². The van der Waals surface area contributed by atoms with Gasteiger partial charge in [0, 0.05) is 23.1 Å². The van der Waals surface area contributed by atoms with Crippen LogP contribution in [0.15, 0.2) is 54.3 Å². The molecule has 1 aliphatic rings. The molecule has 5 nitrogen and oxygen atoms in total. The zero-order chi connectivity index (χ0) is 19.0. The summed E-state index contributed by atoms with van der Waals surface area (Å²) in [6.07, 6.45) is 5.28. The van der Waals surface area contributed by atoms with E-state index in [9.17, 15) is 23.9 Å². The van der Waals surface area contributed by atoms with Crippen molar-refractivity contribution < 1.29 is 23.9 Å². The first-order valence-electron chi connectivity index (χ1n) is 7.59. The van der Waals surface area contributed by atoms with Crippen molar-refractivity contribution in [3.05, 3.63) is 87.4 Å². The molecule has 0 atom stereocenters. The van der Waals surface area contributed by atoms with Crippen LogP contribution in [-0.4, -0.2) is 20.8 Å². The molecule has 0 fully saturated rings. The number of hydrogen-bond acceptors (Lipinski definition) is 4. The average Bonchev–Trinajstić information content (AvgIpc) is 2.56. The highest BCUT2D eigenvalue weighted by molar-refractivity contribution is 6.05. The second-order valence-corrected chi connectivity index (χ2v) is 5.75. The fourth-order valence-corrected chi connectivity index (χ4v) is 2.73. The molecule has 1 aromatic carbocycles. The molecule has 2 aromatic rings. The van der Waals surface area contributed by atoms with Crippen LogP contribution in [0.3, 0.4) is 0 Å². The first kappa shape index (κ1) is 17.3. The normalized spacial score (nSPS) is 17.2. The van der Waals surface area contributed by atoms with Crippen LogP contribution in [-0.2, 0) is 4.79 Å². The van der Waals surface area contributed by atoms with Gasteiger partial charge in [-0.1, -0.05) is 0 Å². The molecule has 1 aromatic heterocycles. The molecule has 132 valence electrons. The highest BCUT2D eigenvalue weighted by Gasteiger charge is 2.13. The van der Waals surface area contributed by atoms with Gasteiger partial charge in [0.25, 0.3) is 0 Å². The van der Waals surface area contributed by atoms with Gasteiger partial charge in [-0.05, 0) is 48.9 Å². The van der Waals surface area contributed by atoms with Crippen LogP contribution in [0.5, 0.6) is 0 Å². The number of rotatable bonds is 1. The maximum absolute atomic E-state index is 14.0. The van der Waals surface area contributed by atoms with E-state index in [0.29, 0.717) is 21.9 Å². The minimum atomic E-state index is -0.976. The standard InChI is InChI=1S/C19H14F2N2O3/c1-10-8-12(24)3-5-13(10)18-17(22)15(6-7-23(18)26)19(25)14-4-2-11(20)9-16(14)21/h2-9,22,25-26H,1H3/b18-13+,19-15-,22-17?. The van der Waals surface area contributed by atoms with E-state index in [-0.39, 0.29) is 27.3 Å². The van der Waals surface area contributed by atoms with E-state index >= 15 is 0 Å². The summed E-state index contributed by atoms with van der Waals surface area (Å²) in [6, 6.07) is 3.92. The third-order valence-corrected chi connectivity index (χ3v) is 4.01. The fourth-order valence-electron chi connectivity index (χ4n) is 2.73. The number of aliphatic hydroxyl groups is 1. The van der Waals surface area contributed by atoms with E-state index in [1.165, 1.54) is 30.5 Å². The summed E-state index contributed by atoms with van der Waals surface area (Å²) < 4.78 is 27.7. The summed E-state index contributed by atoms with van der Waals surface area (Å²) in [7, 11) is 0. The lowest BCUT2D eigenvalue weighted by Crippen LogP contribution is -2.46. The van der Waals surface area contributed by atoms with Gasteiger partial charge in [0.15, 0.2) is 5.78 Å². The first-order valence-corrected chi connectivity index (χ1v) is 7.59. The quantitative estimate of drug-likeness (QED) is 0.676. The lowest BCUT2D eigenvalue weighted by molar-refractivity contribution is -0.110. The smallest absolute Gasteiger partial charge is 0.178 e. The van der Waals surface area contributed by atoms with E-state index in [0.717, 1.165) is 12.1 Å². The minimum Gasteiger partial charge on any atom is -0.507 e. The fraction of sp³-hybridized carbons (Fsp3) is 0.0526. The molecular weight excluding hydrogens is 342 g/mol. The number of nitrogens with zero attached hydrogens (tertiary/aromatic N) is 1. The van der Waals surface area contributed by atoms with E-state index < -0.39 is 17.4 Å². The van der Waals surface area contributed by atoms with Crippen molar-refractivity contribution in [2.45, 2.75) is 6.92 Å². The summed E-state index contributed by atoms with van der Waals surface area (Å²) >= 11 is 0. The summed E-state index contributed by atoms with van der Waals surface area (Å²) in [5.41, 5.74) is 0.665. The lowest BCUT2D eigenvalue weighted by atomic mass is 9.99. The third kappa shape index (κ3) is 2.95. The van der Waals surface area contributed by atoms with Gasteiger partial charge in [0.2, 0.25) is 0 Å². The number of ketones is 1. The van der Waals surface area contributed by atoms with Crippen molar-refractivity contribution in [2.75, 3.05) is 0 Å². The molecule has 1 heterocycles. The number of benzene rings is 1. The molecule has 0 aliphatic heterocycles. The Morgan fingerprint density at radius 1 is 1.19 bits per heavy atom.